The maximum atomic E-state index is 13.9. The molecule has 1 aliphatic rings. The van der Waals surface area contributed by atoms with Crippen LogP contribution in [0.1, 0.15) is 39.9 Å². The van der Waals surface area contributed by atoms with Gasteiger partial charge in [-0.05, 0) is 37.1 Å². The van der Waals surface area contributed by atoms with Gasteiger partial charge >= 0.3 is 12.1 Å². The van der Waals surface area contributed by atoms with Crippen LogP contribution in [-0.2, 0) is 6.18 Å². The first-order valence-corrected chi connectivity index (χ1v) is 14.4. The molecule has 1 saturated heterocycles. The first-order valence-electron chi connectivity index (χ1n) is 13.6. The zero-order valence-corrected chi connectivity index (χ0v) is 23.5. The van der Waals surface area contributed by atoms with Crippen molar-refractivity contribution in [1.82, 2.24) is 20.3 Å². The van der Waals surface area contributed by atoms with Gasteiger partial charge in [-0.3, -0.25) is 9.97 Å². The Kier molecular flexibility index (Phi) is 7.63. The molecule has 1 atom stereocenters. The number of carbonyl (C=O) groups is 1. The largest absolute Gasteiger partial charge is 0.477 e. The Labute approximate surface area is 247 Å². The third kappa shape index (κ3) is 5.83. The molecule has 5 aromatic rings. The summed E-state index contributed by atoms with van der Waals surface area (Å²) in [5, 5.41) is 24.1. The van der Waals surface area contributed by atoms with E-state index >= 15 is 0 Å². The van der Waals surface area contributed by atoms with Crippen molar-refractivity contribution in [2.75, 3.05) is 30.3 Å². The molecule has 222 valence electrons. The molecule has 1 unspecified atom stereocenters. The second-order valence-electron chi connectivity index (χ2n) is 10.4. The molecule has 43 heavy (non-hydrogen) atoms. The SMILES string of the molecule is Nc1c(C(=O)O)sc2nc(N3CCC(NCC(O)c4ccc(-c5cnc6ccccc6c5)cn4)CC3)cc(C(F)(F)F)c12. The van der Waals surface area contributed by atoms with Crippen LogP contribution in [0.5, 0.6) is 0 Å². The summed E-state index contributed by atoms with van der Waals surface area (Å²) < 4.78 is 41.7. The summed E-state index contributed by atoms with van der Waals surface area (Å²) >= 11 is 0.639. The van der Waals surface area contributed by atoms with Gasteiger partial charge in [-0.25, -0.2) is 9.78 Å². The van der Waals surface area contributed by atoms with Crippen LogP contribution in [0, 0.1) is 0 Å². The number of para-hydroxylation sites is 1. The molecule has 13 heteroatoms. The minimum absolute atomic E-state index is 0.0376. The minimum Gasteiger partial charge on any atom is -0.477 e. The van der Waals surface area contributed by atoms with Crippen molar-refractivity contribution in [2.24, 2.45) is 0 Å². The molecule has 6 rings (SSSR count). The molecule has 0 saturated carbocycles. The smallest absolute Gasteiger partial charge is 0.417 e. The van der Waals surface area contributed by atoms with Crippen molar-refractivity contribution in [1.29, 1.82) is 0 Å². The van der Waals surface area contributed by atoms with Gasteiger partial charge < -0.3 is 26.2 Å². The average molecular weight is 609 g/mol. The van der Waals surface area contributed by atoms with Gasteiger partial charge in [0.15, 0.2) is 0 Å². The van der Waals surface area contributed by atoms with Gasteiger partial charge in [-0.15, -0.1) is 11.3 Å². The van der Waals surface area contributed by atoms with Crippen LogP contribution < -0.4 is 16.0 Å². The molecule has 0 aliphatic carbocycles. The van der Waals surface area contributed by atoms with E-state index in [1.807, 2.05) is 36.4 Å². The highest BCUT2D eigenvalue weighted by atomic mass is 32.1. The standard InChI is InChI=1S/C30H27F3N6O3S/c31-30(32,33)20-12-24(38-28-25(20)26(34)27(43-28)29(41)42)39-9-7-19(8-10-39)35-15-23(40)22-6-5-17(13-37-22)18-11-16-3-1-2-4-21(16)36-14-18/h1-6,11-14,19,23,35,40H,7-10,15,34H2,(H,41,42). The highest BCUT2D eigenvalue weighted by molar-refractivity contribution is 7.21. The molecule has 9 nitrogen and oxygen atoms in total. The summed E-state index contributed by atoms with van der Waals surface area (Å²) in [6.07, 6.45) is -0.834. The van der Waals surface area contributed by atoms with Crippen molar-refractivity contribution in [3.05, 3.63) is 77.1 Å². The fraction of sp³-hybridized carbons (Fsp3) is 0.267. The van der Waals surface area contributed by atoms with Crippen molar-refractivity contribution in [3.63, 3.8) is 0 Å². The first-order chi connectivity index (χ1) is 20.6. The number of alkyl halides is 3. The number of piperidine rings is 1. The van der Waals surface area contributed by atoms with Crippen LogP contribution in [0.2, 0.25) is 0 Å². The number of benzene rings is 1. The highest BCUT2D eigenvalue weighted by Crippen LogP contribution is 2.43. The number of aliphatic hydroxyl groups is 1. The lowest BCUT2D eigenvalue weighted by Gasteiger charge is -2.34. The van der Waals surface area contributed by atoms with Crippen molar-refractivity contribution >= 4 is 49.9 Å². The Morgan fingerprint density at radius 3 is 2.53 bits per heavy atom. The first kappa shape index (κ1) is 28.8. The van der Waals surface area contributed by atoms with E-state index in [9.17, 15) is 28.2 Å². The number of aromatic carboxylic acids is 1. The number of aromatic nitrogens is 3. The number of nitrogen functional groups attached to an aromatic ring is 1. The number of carboxylic acid groups (broad SMARTS) is 1. The number of halogens is 3. The van der Waals surface area contributed by atoms with E-state index in [4.69, 9.17) is 5.73 Å². The fourth-order valence-electron chi connectivity index (χ4n) is 5.35. The predicted octanol–water partition coefficient (Wildman–Crippen LogP) is 5.50. The number of nitrogens with two attached hydrogens (primary N) is 1. The predicted molar refractivity (Wildman–Crippen MR) is 159 cm³/mol. The number of carboxylic acids is 1. The molecular weight excluding hydrogens is 581 g/mol. The molecule has 1 aliphatic heterocycles. The van der Waals surface area contributed by atoms with Crippen LogP contribution >= 0.6 is 11.3 Å². The molecule has 0 spiro atoms. The number of rotatable bonds is 7. The Hall–Kier alpha value is -4.33. The fourth-order valence-corrected chi connectivity index (χ4v) is 6.30. The summed E-state index contributed by atoms with van der Waals surface area (Å²) in [7, 11) is 0. The van der Waals surface area contributed by atoms with Gasteiger partial charge in [0.05, 0.1) is 22.5 Å². The summed E-state index contributed by atoms with van der Waals surface area (Å²) in [5.74, 6) is -1.26. The van der Waals surface area contributed by atoms with Gasteiger partial charge in [0.25, 0.3) is 0 Å². The summed E-state index contributed by atoms with van der Waals surface area (Å²) in [6, 6.07) is 14.6. The van der Waals surface area contributed by atoms with E-state index in [-0.39, 0.29) is 33.5 Å². The lowest BCUT2D eigenvalue weighted by Crippen LogP contribution is -2.44. The molecule has 4 aromatic heterocycles. The third-order valence-electron chi connectivity index (χ3n) is 7.66. The average Bonchev–Trinajstić information content (AvgIpc) is 3.35. The summed E-state index contributed by atoms with van der Waals surface area (Å²) in [4.78, 5) is 26.1. The summed E-state index contributed by atoms with van der Waals surface area (Å²) in [5.41, 5.74) is 7.61. The van der Waals surface area contributed by atoms with Crippen molar-refractivity contribution in [3.8, 4) is 11.1 Å². The van der Waals surface area contributed by atoms with Crippen LogP contribution in [0.4, 0.5) is 24.7 Å². The Bertz CT molecular complexity index is 1800. The van der Waals surface area contributed by atoms with E-state index in [0.717, 1.165) is 28.1 Å². The maximum absolute atomic E-state index is 13.9. The van der Waals surface area contributed by atoms with Crippen LogP contribution in [0.25, 0.3) is 32.2 Å². The van der Waals surface area contributed by atoms with Crippen molar-refractivity contribution in [2.45, 2.75) is 31.2 Å². The highest BCUT2D eigenvalue weighted by Gasteiger charge is 2.37. The van der Waals surface area contributed by atoms with Gasteiger partial charge in [0.1, 0.15) is 21.6 Å². The van der Waals surface area contributed by atoms with Crippen LogP contribution in [0.3, 0.4) is 0 Å². The van der Waals surface area contributed by atoms with E-state index in [0.29, 0.717) is 43.0 Å². The second-order valence-corrected chi connectivity index (χ2v) is 11.4. The number of nitrogens with zero attached hydrogens (tertiary/aromatic N) is 4. The number of aliphatic hydroxyl groups excluding tert-OH is 1. The lowest BCUT2D eigenvalue weighted by molar-refractivity contribution is -0.136. The van der Waals surface area contributed by atoms with Gasteiger partial charge in [0, 0.05) is 60.0 Å². The number of hydrogen-bond acceptors (Lipinski definition) is 9. The van der Waals surface area contributed by atoms with E-state index in [2.05, 4.69) is 20.3 Å². The van der Waals surface area contributed by atoms with Gasteiger partial charge in [-0.2, -0.15) is 13.2 Å². The number of anilines is 2. The van der Waals surface area contributed by atoms with Crippen LogP contribution in [-0.4, -0.2) is 56.8 Å². The van der Waals surface area contributed by atoms with Gasteiger partial charge in [0.2, 0.25) is 0 Å². The number of thiophene rings is 1. The Morgan fingerprint density at radius 1 is 1.09 bits per heavy atom. The van der Waals surface area contributed by atoms with Crippen molar-refractivity contribution < 1.29 is 28.2 Å². The molecular formula is C30H27F3N6O3S. The molecule has 1 fully saturated rings. The maximum Gasteiger partial charge on any atom is 0.417 e. The number of nitrogens with one attached hydrogen (secondary N) is 1. The lowest BCUT2D eigenvalue weighted by atomic mass is 10.0. The van der Waals surface area contributed by atoms with Gasteiger partial charge in [-0.1, -0.05) is 24.3 Å². The molecule has 5 heterocycles. The van der Waals surface area contributed by atoms with E-state index < -0.39 is 29.5 Å². The topological polar surface area (TPSA) is 137 Å². The zero-order valence-electron chi connectivity index (χ0n) is 22.7. The zero-order chi connectivity index (χ0) is 30.3. The number of hydrogen-bond donors (Lipinski definition) is 4. The van der Waals surface area contributed by atoms with E-state index in [1.165, 1.54) is 0 Å². The summed E-state index contributed by atoms with van der Waals surface area (Å²) in [6.45, 7) is 1.13. The monoisotopic (exact) mass is 608 g/mol. The minimum atomic E-state index is -4.73. The quantitative estimate of drug-likeness (QED) is 0.189. The second kappa shape index (κ2) is 11.4. The van der Waals surface area contributed by atoms with E-state index in [1.54, 1.807) is 23.4 Å². The third-order valence-corrected chi connectivity index (χ3v) is 8.74. The molecule has 0 amide bonds. The molecule has 5 N–H and O–H groups in total. The Morgan fingerprint density at radius 2 is 1.84 bits per heavy atom. The van der Waals surface area contributed by atoms with Crippen LogP contribution in [0.15, 0.2) is 60.9 Å². The molecule has 0 radical (unpaired) electrons. The molecule has 0 bridgehead atoms. The molecule has 1 aromatic carbocycles. The Balaban J connectivity index is 1.08. The number of fused-ring (bicyclic) bond motifs is 2. The normalized spacial score (nSPS) is 15.3. The number of pyridine rings is 3.